The molecule has 0 heterocycles. The van der Waals surface area contributed by atoms with Crippen molar-refractivity contribution in [2.75, 3.05) is 13.9 Å². The lowest BCUT2D eigenvalue weighted by atomic mass is 9.84. The van der Waals surface area contributed by atoms with Crippen LogP contribution in [0.15, 0.2) is 0 Å². The minimum atomic E-state index is -1.57. The third-order valence-electron chi connectivity index (χ3n) is 4.60. The Morgan fingerprint density at radius 3 is 2.00 bits per heavy atom. The summed E-state index contributed by atoms with van der Waals surface area (Å²) < 4.78 is 20.6. The van der Waals surface area contributed by atoms with Crippen molar-refractivity contribution in [3.05, 3.63) is 0 Å². The molecule has 0 amide bonds. The number of carbonyl (C=O) groups is 2. The average Bonchev–Trinajstić information content (AvgIpc) is 2.60. The third-order valence-corrected chi connectivity index (χ3v) is 4.60. The first-order valence-electron chi connectivity index (χ1n) is 9.14. The Kier molecular flexibility index (Phi) is 8.79. The van der Waals surface area contributed by atoms with Crippen molar-refractivity contribution >= 4 is 11.9 Å². The normalized spacial score (nSPS) is 32.1. The lowest BCUT2D eigenvalue weighted by Gasteiger charge is -2.44. The topological polar surface area (TPSA) is 158 Å². The molecule has 10 heteroatoms. The average molecular weight is 407 g/mol. The minimum Gasteiger partial charge on any atom is -0.455 e. The van der Waals surface area contributed by atoms with Crippen LogP contribution in [0, 0.1) is 11.3 Å². The zero-order valence-electron chi connectivity index (χ0n) is 17.2. The Balaban J connectivity index is 2.88. The van der Waals surface area contributed by atoms with E-state index >= 15 is 0 Å². The minimum absolute atomic E-state index is 0.214. The van der Waals surface area contributed by atoms with Crippen molar-refractivity contribution in [1.29, 1.82) is 0 Å². The molecule has 1 aliphatic carbocycles. The van der Waals surface area contributed by atoms with Crippen molar-refractivity contribution in [2.24, 2.45) is 17.1 Å². The lowest BCUT2D eigenvalue weighted by molar-refractivity contribution is -0.260. The maximum atomic E-state index is 12.2. The summed E-state index contributed by atoms with van der Waals surface area (Å²) in [5, 5.41) is 31.1. The van der Waals surface area contributed by atoms with Gasteiger partial charge in [-0.15, -0.1) is 0 Å². The molecule has 164 valence electrons. The fourth-order valence-corrected chi connectivity index (χ4v) is 2.64. The van der Waals surface area contributed by atoms with Gasteiger partial charge in [-0.1, -0.05) is 13.8 Å². The molecular weight excluding hydrogens is 374 g/mol. The summed E-state index contributed by atoms with van der Waals surface area (Å²) in [6.07, 6.45) is -8.58. The first-order valence-corrected chi connectivity index (χ1v) is 9.14. The summed E-state index contributed by atoms with van der Waals surface area (Å²) in [6, 6.07) is -0.944. The molecule has 1 aliphatic rings. The van der Waals surface area contributed by atoms with Gasteiger partial charge in [-0.25, -0.2) is 0 Å². The summed E-state index contributed by atoms with van der Waals surface area (Å²) in [5.41, 5.74) is 5.00. The number of hydrogen-bond acceptors (Lipinski definition) is 10. The van der Waals surface area contributed by atoms with Crippen LogP contribution in [-0.2, 0) is 28.5 Å². The SMILES string of the molecule is COC1C(O)C(O)C(OCOC(=O)C(C)(C)C)C(O)C1OC(=O)[C@@H](N)C(C)C. The quantitative estimate of drug-likeness (QED) is 0.302. The molecule has 1 fully saturated rings. The molecule has 6 unspecified atom stereocenters. The van der Waals surface area contributed by atoms with E-state index in [4.69, 9.17) is 24.7 Å². The van der Waals surface area contributed by atoms with Crippen molar-refractivity contribution < 1.29 is 43.9 Å². The van der Waals surface area contributed by atoms with Gasteiger partial charge in [0.2, 0.25) is 0 Å². The van der Waals surface area contributed by atoms with Crippen molar-refractivity contribution in [1.82, 2.24) is 0 Å². The number of hydrogen-bond donors (Lipinski definition) is 4. The first-order chi connectivity index (χ1) is 12.8. The van der Waals surface area contributed by atoms with Gasteiger partial charge in [0.05, 0.1) is 5.41 Å². The molecule has 1 rings (SSSR count). The van der Waals surface area contributed by atoms with E-state index in [0.717, 1.165) is 0 Å². The predicted octanol–water partition coefficient (Wildman–Crippen LogP) is -1.08. The van der Waals surface area contributed by atoms with E-state index < -0.39 is 66.8 Å². The third kappa shape index (κ3) is 5.85. The van der Waals surface area contributed by atoms with Crippen LogP contribution in [0.25, 0.3) is 0 Å². The number of methoxy groups -OCH3 is 1. The molecule has 7 atom stereocenters. The smallest absolute Gasteiger partial charge is 0.323 e. The Morgan fingerprint density at radius 1 is 1.00 bits per heavy atom. The number of carbonyl (C=O) groups excluding carboxylic acids is 2. The van der Waals surface area contributed by atoms with Crippen LogP contribution in [0.3, 0.4) is 0 Å². The summed E-state index contributed by atoms with van der Waals surface area (Å²) in [5.74, 6) is -1.55. The van der Waals surface area contributed by atoms with E-state index in [-0.39, 0.29) is 5.92 Å². The number of ether oxygens (including phenoxy) is 4. The zero-order valence-corrected chi connectivity index (χ0v) is 17.2. The highest BCUT2D eigenvalue weighted by Gasteiger charge is 2.52. The maximum Gasteiger partial charge on any atom is 0.323 e. The summed E-state index contributed by atoms with van der Waals surface area (Å²) in [7, 11) is 1.24. The molecule has 10 nitrogen and oxygen atoms in total. The number of aliphatic hydroxyl groups excluding tert-OH is 3. The number of nitrogens with two attached hydrogens (primary N) is 1. The molecule has 0 bridgehead atoms. The van der Waals surface area contributed by atoms with Crippen LogP contribution in [-0.4, -0.2) is 83.8 Å². The first kappa shape index (κ1) is 24.7. The van der Waals surface area contributed by atoms with Gasteiger partial charge in [0.1, 0.15) is 36.6 Å². The summed E-state index contributed by atoms with van der Waals surface area (Å²) >= 11 is 0. The highest BCUT2D eigenvalue weighted by atomic mass is 16.7. The van der Waals surface area contributed by atoms with Gasteiger partial charge in [0, 0.05) is 7.11 Å². The van der Waals surface area contributed by atoms with Gasteiger partial charge >= 0.3 is 11.9 Å². The largest absolute Gasteiger partial charge is 0.455 e. The Labute approximate surface area is 164 Å². The van der Waals surface area contributed by atoms with Gasteiger partial charge in [-0.3, -0.25) is 9.59 Å². The van der Waals surface area contributed by atoms with Gasteiger partial charge in [0.15, 0.2) is 12.9 Å². The second kappa shape index (κ2) is 9.95. The predicted molar refractivity (Wildman–Crippen MR) is 96.8 cm³/mol. The maximum absolute atomic E-state index is 12.2. The molecule has 0 aromatic carbocycles. The Morgan fingerprint density at radius 2 is 1.54 bits per heavy atom. The van der Waals surface area contributed by atoms with E-state index in [1.165, 1.54) is 7.11 Å². The molecular formula is C18H33NO9. The van der Waals surface area contributed by atoms with Crippen LogP contribution in [0.5, 0.6) is 0 Å². The molecule has 28 heavy (non-hydrogen) atoms. The van der Waals surface area contributed by atoms with Crippen molar-refractivity contribution in [3.8, 4) is 0 Å². The lowest BCUT2D eigenvalue weighted by Crippen LogP contribution is -2.66. The van der Waals surface area contributed by atoms with Crippen molar-refractivity contribution in [2.45, 2.75) is 77.3 Å². The monoisotopic (exact) mass is 407 g/mol. The van der Waals surface area contributed by atoms with Crippen molar-refractivity contribution in [3.63, 3.8) is 0 Å². The Bertz CT molecular complexity index is 534. The van der Waals surface area contributed by atoms with Crippen LogP contribution < -0.4 is 5.73 Å². The molecule has 0 radical (unpaired) electrons. The van der Waals surface area contributed by atoms with Gasteiger partial charge in [-0.05, 0) is 26.7 Å². The van der Waals surface area contributed by atoms with Crippen LogP contribution >= 0.6 is 0 Å². The van der Waals surface area contributed by atoms with Gasteiger partial charge in [0.25, 0.3) is 0 Å². The molecule has 0 aliphatic heterocycles. The second-order valence-corrected chi connectivity index (χ2v) is 8.27. The highest BCUT2D eigenvalue weighted by molar-refractivity contribution is 5.76. The fourth-order valence-electron chi connectivity index (χ4n) is 2.64. The summed E-state index contributed by atoms with van der Waals surface area (Å²) in [4.78, 5) is 24.0. The number of aliphatic hydroxyl groups is 3. The van der Waals surface area contributed by atoms with Gasteiger partial charge in [-0.2, -0.15) is 0 Å². The number of esters is 2. The van der Waals surface area contributed by atoms with E-state index in [1.54, 1.807) is 34.6 Å². The molecule has 0 aromatic heterocycles. The van der Waals surface area contributed by atoms with Crippen LogP contribution in [0.1, 0.15) is 34.6 Å². The van der Waals surface area contributed by atoms with E-state index in [1.807, 2.05) is 0 Å². The molecule has 0 saturated heterocycles. The fraction of sp³-hybridized carbons (Fsp3) is 0.889. The van der Waals surface area contributed by atoms with Crippen LogP contribution in [0.2, 0.25) is 0 Å². The zero-order chi connectivity index (χ0) is 21.8. The molecule has 5 N–H and O–H groups in total. The molecule has 1 saturated carbocycles. The van der Waals surface area contributed by atoms with Crippen LogP contribution in [0.4, 0.5) is 0 Å². The Hall–Kier alpha value is -1.30. The molecule has 0 spiro atoms. The molecule has 0 aromatic rings. The van der Waals surface area contributed by atoms with E-state index in [0.29, 0.717) is 0 Å². The van der Waals surface area contributed by atoms with Gasteiger partial charge < -0.3 is 40.0 Å². The van der Waals surface area contributed by atoms with E-state index in [9.17, 15) is 24.9 Å². The standard InChI is InChI=1S/C18H33NO9/c1-8(2)9(19)16(23)28-15-12(22)13(10(20)11(21)14(15)25-6)26-7-27-17(24)18(3,4)5/h8-15,20-22H,7,19H2,1-6H3/t9-,10?,11?,12?,13?,14?,15?/m0/s1. The summed E-state index contributed by atoms with van der Waals surface area (Å²) in [6.45, 7) is 7.85. The number of rotatable bonds is 7. The van der Waals surface area contributed by atoms with E-state index in [2.05, 4.69) is 0 Å². The second-order valence-electron chi connectivity index (χ2n) is 8.27. The highest BCUT2D eigenvalue weighted by Crippen LogP contribution is 2.28.